The van der Waals surface area contributed by atoms with Crippen LogP contribution in [0.2, 0.25) is 15.1 Å². The van der Waals surface area contributed by atoms with Gasteiger partial charge in [-0.25, -0.2) is 8.42 Å². The minimum absolute atomic E-state index is 0.0223. The highest BCUT2D eigenvalue weighted by atomic mass is 35.5. The molecule has 0 heterocycles. The molecule has 2 amide bonds. The van der Waals surface area contributed by atoms with Crippen molar-refractivity contribution in [1.29, 1.82) is 0 Å². The van der Waals surface area contributed by atoms with Gasteiger partial charge in [-0.1, -0.05) is 84.5 Å². The van der Waals surface area contributed by atoms with Gasteiger partial charge in [0.05, 0.1) is 22.0 Å². The maximum Gasteiger partial charge on any atom is 0.243 e. The third-order valence-corrected chi connectivity index (χ3v) is 8.89. The molecule has 0 fully saturated rings. The Bertz CT molecular complexity index is 1440. The van der Waals surface area contributed by atoms with Gasteiger partial charge in [-0.05, 0) is 60.4 Å². The molecule has 0 aliphatic rings. The zero-order valence-corrected chi connectivity index (χ0v) is 26.8. The van der Waals surface area contributed by atoms with E-state index >= 15 is 0 Å². The Morgan fingerprint density at radius 2 is 1.57 bits per heavy atom. The second-order valence-electron chi connectivity index (χ2n) is 10.0. The first-order chi connectivity index (χ1) is 20.0. The molecule has 0 bridgehead atoms. The molecule has 1 N–H and O–H groups in total. The van der Waals surface area contributed by atoms with E-state index in [1.54, 1.807) is 47.4 Å². The van der Waals surface area contributed by atoms with Gasteiger partial charge in [-0.2, -0.15) is 0 Å². The van der Waals surface area contributed by atoms with Crippen LogP contribution in [0, 0.1) is 0 Å². The number of carbonyl (C=O) groups is 2. The third kappa shape index (κ3) is 10.2. The highest BCUT2D eigenvalue weighted by Gasteiger charge is 2.30. The van der Waals surface area contributed by atoms with Crippen LogP contribution < -0.4 is 9.62 Å². The van der Waals surface area contributed by atoms with Gasteiger partial charge in [0.25, 0.3) is 0 Å². The van der Waals surface area contributed by atoms with E-state index in [0.717, 1.165) is 30.2 Å². The number of anilines is 1. The van der Waals surface area contributed by atoms with Crippen LogP contribution in [0.4, 0.5) is 5.69 Å². The average molecular weight is 653 g/mol. The summed E-state index contributed by atoms with van der Waals surface area (Å²) in [7, 11) is -3.62. The Balaban J connectivity index is 1.88. The van der Waals surface area contributed by atoms with Crippen LogP contribution >= 0.6 is 34.8 Å². The van der Waals surface area contributed by atoms with Gasteiger partial charge < -0.3 is 10.2 Å². The zero-order valence-electron chi connectivity index (χ0n) is 23.7. The van der Waals surface area contributed by atoms with Crippen LogP contribution in [0.1, 0.15) is 43.7 Å². The Kier molecular flexibility index (Phi) is 13.0. The summed E-state index contributed by atoms with van der Waals surface area (Å²) >= 11 is 18.4. The van der Waals surface area contributed by atoms with E-state index < -0.39 is 16.1 Å². The van der Waals surface area contributed by atoms with Crippen molar-refractivity contribution in [1.82, 2.24) is 10.2 Å². The summed E-state index contributed by atoms with van der Waals surface area (Å²) in [6.45, 7) is 2.75. The highest BCUT2D eigenvalue weighted by Crippen LogP contribution is 2.25. The number of hydrogen-bond acceptors (Lipinski definition) is 4. The predicted molar refractivity (Wildman–Crippen MR) is 172 cm³/mol. The first kappa shape index (κ1) is 33.7. The van der Waals surface area contributed by atoms with Crippen LogP contribution in [-0.2, 0) is 32.6 Å². The van der Waals surface area contributed by atoms with Crippen molar-refractivity contribution < 1.29 is 18.0 Å². The monoisotopic (exact) mass is 651 g/mol. The first-order valence-corrected chi connectivity index (χ1v) is 16.8. The van der Waals surface area contributed by atoms with Gasteiger partial charge in [0.2, 0.25) is 21.8 Å². The molecule has 42 heavy (non-hydrogen) atoms. The normalized spacial score (nSPS) is 12.0. The minimum Gasteiger partial charge on any atom is -0.354 e. The summed E-state index contributed by atoms with van der Waals surface area (Å²) < 4.78 is 26.4. The molecule has 3 aromatic rings. The van der Waals surface area contributed by atoms with Crippen LogP contribution in [0.3, 0.4) is 0 Å². The summed E-state index contributed by atoms with van der Waals surface area (Å²) in [6.07, 6.45) is 3.43. The fourth-order valence-electron chi connectivity index (χ4n) is 4.51. The van der Waals surface area contributed by atoms with Gasteiger partial charge in [-0.3, -0.25) is 13.9 Å². The van der Waals surface area contributed by atoms with E-state index in [1.807, 2.05) is 37.3 Å². The van der Waals surface area contributed by atoms with E-state index in [4.69, 9.17) is 34.8 Å². The number of rotatable bonds is 15. The van der Waals surface area contributed by atoms with Crippen molar-refractivity contribution in [2.24, 2.45) is 0 Å². The number of nitrogens with one attached hydrogen (secondary N) is 1. The van der Waals surface area contributed by atoms with Crippen molar-refractivity contribution in [3.05, 3.63) is 99.0 Å². The molecule has 0 saturated carbocycles. The number of nitrogens with zero attached hydrogens (tertiary/aromatic N) is 2. The summed E-state index contributed by atoms with van der Waals surface area (Å²) in [4.78, 5) is 29.0. The molecule has 0 unspecified atom stereocenters. The van der Waals surface area contributed by atoms with Gasteiger partial charge in [0.1, 0.15) is 6.04 Å². The number of benzene rings is 3. The molecule has 0 aromatic heterocycles. The summed E-state index contributed by atoms with van der Waals surface area (Å²) in [6, 6.07) is 20.3. The van der Waals surface area contributed by atoms with E-state index in [-0.39, 0.29) is 37.7 Å². The van der Waals surface area contributed by atoms with Crippen molar-refractivity contribution in [2.45, 2.75) is 51.6 Å². The molecule has 3 aromatic carbocycles. The standard InChI is InChI=1S/C31H36Cl3N3O4S/c1-3-4-18-35-31(39)29(21-23-9-6-5-7-10-23)36(22-24-12-17-27(33)28(34)20-24)30(38)11-8-19-37(42(2,40)41)26-15-13-25(32)14-16-26/h5-7,9-10,12-17,20,29H,3-4,8,11,18-19,21-22H2,1-2H3,(H,35,39)/t29-/m1/s1. The van der Waals surface area contributed by atoms with E-state index in [9.17, 15) is 18.0 Å². The van der Waals surface area contributed by atoms with Crippen molar-refractivity contribution in [2.75, 3.05) is 23.7 Å². The molecule has 0 aliphatic carbocycles. The molecule has 7 nitrogen and oxygen atoms in total. The molecule has 0 saturated heterocycles. The predicted octanol–water partition coefficient (Wildman–Crippen LogP) is 6.75. The molecule has 0 aliphatic heterocycles. The third-order valence-electron chi connectivity index (χ3n) is 6.70. The van der Waals surface area contributed by atoms with Crippen LogP contribution in [0.5, 0.6) is 0 Å². The van der Waals surface area contributed by atoms with Crippen molar-refractivity contribution in [3.63, 3.8) is 0 Å². The second-order valence-corrected chi connectivity index (χ2v) is 13.2. The Morgan fingerprint density at radius 1 is 0.881 bits per heavy atom. The Labute approximate surface area is 263 Å². The number of halogens is 3. The maximum absolute atomic E-state index is 13.9. The lowest BCUT2D eigenvalue weighted by molar-refractivity contribution is -0.141. The quantitative estimate of drug-likeness (QED) is 0.184. The maximum atomic E-state index is 13.9. The van der Waals surface area contributed by atoms with Crippen LogP contribution in [-0.4, -0.2) is 50.5 Å². The lowest BCUT2D eigenvalue weighted by Crippen LogP contribution is -2.50. The van der Waals surface area contributed by atoms with Crippen molar-refractivity contribution in [3.8, 4) is 0 Å². The van der Waals surface area contributed by atoms with E-state index in [2.05, 4.69) is 5.32 Å². The smallest absolute Gasteiger partial charge is 0.243 e. The lowest BCUT2D eigenvalue weighted by atomic mass is 10.0. The summed E-state index contributed by atoms with van der Waals surface area (Å²) in [5.74, 6) is -0.531. The highest BCUT2D eigenvalue weighted by molar-refractivity contribution is 7.92. The molecular weight excluding hydrogens is 617 g/mol. The Hall–Kier alpha value is -2.78. The van der Waals surface area contributed by atoms with Gasteiger partial charge in [0, 0.05) is 37.5 Å². The largest absolute Gasteiger partial charge is 0.354 e. The SMILES string of the molecule is CCCCNC(=O)[C@@H](Cc1ccccc1)N(Cc1ccc(Cl)c(Cl)c1)C(=O)CCCN(c1ccc(Cl)cc1)S(C)(=O)=O. The number of amides is 2. The average Bonchev–Trinajstić information content (AvgIpc) is 2.95. The molecule has 3 rings (SSSR count). The summed E-state index contributed by atoms with van der Waals surface area (Å²) in [5, 5.41) is 4.21. The fourth-order valence-corrected chi connectivity index (χ4v) is 5.92. The Morgan fingerprint density at radius 3 is 2.19 bits per heavy atom. The second kappa shape index (κ2) is 16.2. The van der Waals surface area contributed by atoms with Crippen LogP contribution in [0.15, 0.2) is 72.8 Å². The van der Waals surface area contributed by atoms with Gasteiger partial charge >= 0.3 is 0 Å². The number of unbranched alkanes of at least 4 members (excludes halogenated alkanes) is 1. The van der Waals surface area contributed by atoms with E-state index in [0.29, 0.717) is 33.7 Å². The van der Waals surface area contributed by atoms with E-state index in [1.165, 1.54) is 4.31 Å². The van der Waals surface area contributed by atoms with Crippen molar-refractivity contribution >= 4 is 62.3 Å². The first-order valence-electron chi connectivity index (χ1n) is 13.8. The lowest BCUT2D eigenvalue weighted by Gasteiger charge is -2.32. The molecular formula is C31H36Cl3N3O4S. The summed E-state index contributed by atoms with van der Waals surface area (Å²) in [5.41, 5.74) is 2.08. The number of hydrogen-bond donors (Lipinski definition) is 1. The molecule has 0 radical (unpaired) electrons. The van der Waals surface area contributed by atoms with Crippen LogP contribution in [0.25, 0.3) is 0 Å². The molecule has 1 atom stereocenters. The fraction of sp³-hybridized carbons (Fsp3) is 0.355. The minimum atomic E-state index is -3.62. The zero-order chi connectivity index (χ0) is 30.7. The molecule has 0 spiro atoms. The topological polar surface area (TPSA) is 86.8 Å². The molecule has 226 valence electrons. The van der Waals surface area contributed by atoms with Gasteiger partial charge in [-0.15, -0.1) is 0 Å². The number of sulfonamides is 1. The molecule has 11 heteroatoms. The van der Waals surface area contributed by atoms with Gasteiger partial charge in [0.15, 0.2) is 0 Å². The number of carbonyl (C=O) groups excluding carboxylic acids is 2.